The van der Waals surface area contributed by atoms with Crippen molar-refractivity contribution in [3.8, 4) is 0 Å². The number of anilines is 1. The number of nitrogens with zero attached hydrogens (tertiary/aromatic N) is 3. The maximum absolute atomic E-state index is 11.4. The molecule has 1 aliphatic carbocycles. The van der Waals surface area contributed by atoms with Gasteiger partial charge in [0.25, 0.3) is 0 Å². The molecule has 6 heteroatoms. The summed E-state index contributed by atoms with van der Waals surface area (Å²) < 4.78 is 0. The quantitative estimate of drug-likeness (QED) is 0.936. The molecule has 0 saturated carbocycles. The van der Waals surface area contributed by atoms with Gasteiger partial charge in [0.05, 0.1) is 17.7 Å². The molecule has 0 spiro atoms. The van der Waals surface area contributed by atoms with Crippen LogP contribution < -0.4 is 4.90 Å². The summed E-state index contributed by atoms with van der Waals surface area (Å²) in [4.78, 5) is 22.1. The maximum atomic E-state index is 11.4. The molecule has 0 bridgehead atoms. The highest BCUT2D eigenvalue weighted by Gasteiger charge is 2.22. The van der Waals surface area contributed by atoms with Gasteiger partial charge < -0.3 is 10.0 Å². The van der Waals surface area contributed by atoms with E-state index in [9.17, 15) is 9.90 Å². The van der Waals surface area contributed by atoms with Crippen LogP contribution in [0.25, 0.3) is 0 Å². The molecule has 3 rings (SSSR count). The van der Waals surface area contributed by atoms with Crippen molar-refractivity contribution < 1.29 is 9.90 Å². The average molecular weight is 289 g/mol. The summed E-state index contributed by atoms with van der Waals surface area (Å²) in [5, 5.41) is 11.4. The van der Waals surface area contributed by atoms with Crippen LogP contribution in [0.4, 0.5) is 5.82 Å². The second kappa shape index (κ2) is 5.20. The van der Waals surface area contributed by atoms with Gasteiger partial charge in [0.2, 0.25) is 0 Å². The van der Waals surface area contributed by atoms with Crippen LogP contribution in [-0.4, -0.2) is 28.1 Å². The van der Waals surface area contributed by atoms with Crippen molar-refractivity contribution >= 4 is 23.1 Å². The number of hydrogen-bond donors (Lipinski definition) is 1. The summed E-state index contributed by atoms with van der Waals surface area (Å²) >= 11 is 1.53. The van der Waals surface area contributed by atoms with Gasteiger partial charge in [0.1, 0.15) is 11.4 Å². The van der Waals surface area contributed by atoms with Crippen LogP contribution in [-0.2, 0) is 19.4 Å². The minimum absolute atomic E-state index is 0.281. The van der Waals surface area contributed by atoms with Gasteiger partial charge in [-0.25, -0.2) is 14.8 Å². The Morgan fingerprint density at radius 3 is 3.05 bits per heavy atom. The Bertz CT molecular complexity index is 640. The fraction of sp³-hybridized carbons (Fsp3) is 0.357. The molecule has 0 unspecified atom stereocenters. The Morgan fingerprint density at radius 2 is 2.35 bits per heavy atom. The van der Waals surface area contributed by atoms with Gasteiger partial charge in [0.15, 0.2) is 0 Å². The lowest BCUT2D eigenvalue weighted by Crippen LogP contribution is -2.21. The van der Waals surface area contributed by atoms with E-state index in [0.29, 0.717) is 12.4 Å². The van der Waals surface area contributed by atoms with Crippen LogP contribution in [0.1, 0.15) is 33.7 Å². The third-order valence-corrected chi connectivity index (χ3v) is 4.14. The zero-order valence-corrected chi connectivity index (χ0v) is 12.0. The first-order valence-electron chi connectivity index (χ1n) is 6.49. The summed E-state index contributed by atoms with van der Waals surface area (Å²) in [7, 11) is 1.86. The third kappa shape index (κ3) is 2.38. The van der Waals surface area contributed by atoms with E-state index in [2.05, 4.69) is 9.97 Å². The summed E-state index contributed by atoms with van der Waals surface area (Å²) in [6.07, 6.45) is 2.92. The second-order valence-corrected chi connectivity index (χ2v) is 5.68. The van der Waals surface area contributed by atoms with Crippen molar-refractivity contribution in [2.24, 2.45) is 0 Å². The number of fused-ring (bicyclic) bond motifs is 1. The van der Waals surface area contributed by atoms with Crippen molar-refractivity contribution in [1.29, 1.82) is 0 Å². The number of rotatable bonds is 4. The number of carboxylic acid groups (broad SMARTS) is 1. The van der Waals surface area contributed by atoms with Crippen molar-refractivity contribution in [3.05, 3.63) is 39.5 Å². The summed E-state index contributed by atoms with van der Waals surface area (Å²) in [5.74, 6) is -0.390. The molecule has 5 nitrogen and oxygen atoms in total. The predicted octanol–water partition coefficient (Wildman–Crippen LogP) is 2.36. The number of aromatic nitrogens is 2. The highest BCUT2D eigenvalue weighted by molar-refractivity contribution is 7.07. The first-order chi connectivity index (χ1) is 9.65. The summed E-state index contributed by atoms with van der Waals surface area (Å²) in [5.41, 5.74) is 5.10. The normalized spacial score (nSPS) is 13.2. The molecule has 1 N–H and O–H groups in total. The van der Waals surface area contributed by atoms with E-state index in [-0.39, 0.29) is 5.56 Å². The van der Waals surface area contributed by atoms with E-state index in [1.807, 2.05) is 17.3 Å². The fourth-order valence-corrected chi connectivity index (χ4v) is 3.09. The van der Waals surface area contributed by atoms with Crippen LogP contribution in [0, 0.1) is 0 Å². The molecule has 104 valence electrons. The molecule has 2 aromatic rings. The molecule has 2 aromatic heterocycles. The van der Waals surface area contributed by atoms with Crippen molar-refractivity contribution in [1.82, 2.24) is 9.97 Å². The van der Waals surface area contributed by atoms with Gasteiger partial charge in [-0.2, -0.15) is 0 Å². The molecular formula is C14H15N3O2S. The standard InChI is InChI=1S/C14H15N3O2S/c1-17(6-10-7-20-8-15-10)13-11(14(18)19)5-9-3-2-4-12(9)16-13/h5,7-8H,2-4,6H2,1H3,(H,18,19). The zero-order chi connectivity index (χ0) is 14.1. The summed E-state index contributed by atoms with van der Waals surface area (Å²) in [6, 6.07) is 1.78. The smallest absolute Gasteiger partial charge is 0.339 e. The van der Waals surface area contributed by atoms with E-state index in [1.54, 1.807) is 11.6 Å². The number of hydrogen-bond acceptors (Lipinski definition) is 5. The van der Waals surface area contributed by atoms with Crippen molar-refractivity contribution in [2.75, 3.05) is 11.9 Å². The monoisotopic (exact) mass is 289 g/mol. The Kier molecular flexibility index (Phi) is 3.40. The van der Waals surface area contributed by atoms with Gasteiger partial charge >= 0.3 is 5.97 Å². The number of thiazole rings is 1. The third-order valence-electron chi connectivity index (χ3n) is 3.51. The summed E-state index contributed by atoms with van der Waals surface area (Å²) in [6.45, 7) is 0.565. The van der Waals surface area contributed by atoms with Crippen LogP contribution in [0.15, 0.2) is 17.0 Å². The number of carbonyl (C=O) groups is 1. The molecule has 0 amide bonds. The predicted molar refractivity (Wildman–Crippen MR) is 77.4 cm³/mol. The van der Waals surface area contributed by atoms with Gasteiger partial charge in [-0.1, -0.05) is 0 Å². The van der Waals surface area contributed by atoms with Crippen LogP contribution in [0.5, 0.6) is 0 Å². The van der Waals surface area contributed by atoms with Crippen LogP contribution >= 0.6 is 11.3 Å². The molecule has 0 aliphatic heterocycles. The van der Waals surface area contributed by atoms with Gasteiger partial charge in [-0.05, 0) is 30.9 Å². The molecule has 0 atom stereocenters. The number of aryl methyl sites for hydroxylation is 2. The van der Waals surface area contributed by atoms with E-state index in [4.69, 9.17) is 0 Å². The van der Waals surface area contributed by atoms with Gasteiger partial charge in [0, 0.05) is 18.1 Å². The number of carboxylic acids is 1. The van der Waals surface area contributed by atoms with Gasteiger partial charge in [-0.3, -0.25) is 0 Å². The molecule has 0 saturated heterocycles. The van der Waals surface area contributed by atoms with Crippen LogP contribution in [0.3, 0.4) is 0 Å². The minimum atomic E-state index is -0.924. The lowest BCUT2D eigenvalue weighted by atomic mass is 10.1. The highest BCUT2D eigenvalue weighted by Crippen LogP contribution is 2.27. The lowest BCUT2D eigenvalue weighted by Gasteiger charge is -2.20. The molecule has 0 fully saturated rings. The van der Waals surface area contributed by atoms with E-state index >= 15 is 0 Å². The number of aromatic carboxylic acids is 1. The molecule has 1 aliphatic rings. The van der Waals surface area contributed by atoms with E-state index in [1.165, 1.54) is 11.3 Å². The Morgan fingerprint density at radius 1 is 1.50 bits per heavy atom. The Balaban J connectivity index is 1.96. The first-order valence-corrected chi connectivity index (χ1v) is 7.43. The van der Waals surface area contributed by atoms with Crippen LogP contribution in [0.2, 0.25) is 0 Å². The average Bonchev–Trinajstić information content (AvgIpc) is 3.06. The topological polar surface area (TPSA) is 66.3 Å². The largest absolute Gasteiger partial charge is 0.478 e. The van der Waals surface area contributed by atoms with E-state index in [0.717, 1.165) is 36.2 Å². The first kappa shape index (κ1) is 13.1. The second-order valence-electron chi connectivity index (χ2n) is 4.96. The zero-order valence-electron chi connectivity index (χ0n) is 11.2. The van der Waals surface area contributed by atoms with Gasteiger partial charge in [-0.15, -0.1) is 11.3 Å². The Hall–Kier alpha value is -1.95. The maximum Gasteiger partial charge on any atom is 0.339 e. The Labute approximate surface area is 120 Å². The number of pyridine rings is 1. The molecule has 2 heterocycles. The fourth-order valence-electron chi connectivity index (χ4n) is 2.54. The lowest BCUT2D eigenvalue weighted by molar-refractivity contribution is 0.0697. The van der Waals surface area contributed by atoms with Crippen molar-refractivity contribution in [2.45, 2.75) is 25.8 Å². The van der Waals surface area contributed by atoms with E-state index < -0.39 is 5.97 Å². The molecule has 20 heavy (non-hydrogen) atoms. The van der Waals surface area contributed by atoms with Crippen molar-refractivity contribution in [3.63, 3.8) is 0 Å². The molecule has 0 radical (unpaired) electrons. The molecule has 0 aromatic carbocycles. The minimum Gasteiger partial charge on any atom is -0.478 e. The molecular weight excluding hydrogens is 274 g/mol. The highest BCUT2D eigenvalue weighted by atomic mass is 32.1. The SMILES string of the molecule is CN(Cc1cscn1)c1nc2c(cc1C(=O)O)CCC2.